The number of hydrogen-bond acceptors (Lipinski definition) is 4. The standard InChI is InChI=1S/C19H17BrFN3O2/c1-26-18-7-6-14(20)11-13(18)5-8-19(25)24-10-9-23-17-4-2-3-16(21)15(17)12-22/h2-8,11,23H,9-10H2,1H3,(H,24,25). The number of nitrogens with one attached hydrogen (secondary N) is 2. The van der Waals surface area contributed by atoms with Crippen LogP contribution in [0.3, 0.4) is 0 Å². The maximum absolute atomic E-state index is 13.5. The number of hydrogen-bond donors (Lipinski definition) is 2. The van der Waals surface area contributed by atoms with Gasteiger partial charge in [-0.3, -0.25) is 4.79 Å². The summed E-state index contributed by atoms with van der Waals surface area (Å²) in [5.41, 5.74) is 1.13. The summed E-state index contributed by atoms with van der Waals surface area (Å²) in [7, 11) is 1.56. The molecule has 0 aromatic heterocycles. The van der Waals surface area contributed by atoms with Gasteiger partial charge >= 0.3 is 0 Å². The van der Waals surface area contributed by atoms with Gasteiger partial charge in [-0.2, -0.15) is 5.26 Å². The summed E-state index contributed by atoms with van der Waals surface area (Å²) in [6.45, 7) is 0.679. The van der Waals surface area contributed by atoms with Crippen molar-refractivity contribution >= 4 is 33.6 Å². The molecule has 2 rings (SSSR count). The molecule has 0 aliphatic heterocycles. The van der Waals surface area contributed by atoms with E-state index >= 15 is 0 Å². The van der Waals surface area contributed by atoms with Gasteiger partial charge in [-0.25, -0.2) is 4.39 Å². The summed E-state index contributed by atoms with van der Waals surface area (Å²) in [4.78, 5) is 11.9. The van der Waals surface area contributed by atoms with E-state index in [0.29, 0.717) is 24.5 Å². The zero-order valence-electron chi connectivity index (χ0n) is 14.1. The van der Waals surface area contributed by atoms with Gasteiger partial charge in [-0.1, -0.05) is 22.0 Å². The van der Waals surface area contributed by atoms with Crippen LogP contribution >= 0.6 is 15.9 Å². The lowest BCUT2D eigenvalue weighted by Gasteiger charge is -2.09. The third kappa shape index (κ3) is 5.33. The van der Waals surface area contributed by atoms with Gasteiger partial charge in [-0.05, 0) is 36.4 Å². The number of rotatable bonds is 7. The third-order valence-corrected chi connectivity index (χ3v) is 3.96. The van der Waals surface area contributed by atoms with E-state index in [1.54, 1.807) is 25.3 Å². The predicted octanol–water partition coefficient (Wildman–Crippen LogP) is 3.71. The zero-order valence-corrected chi connectivity index (χ0v) is 15.6. The fraction of sp³-hybridized carbons (Fsp3) is 0.158. The monoisotopic (exact) mass is 417 g/mol. The van der Waals surface area contributed by atoms with Crippen molar-refractivity contribution in [1.82, 2.24) is 5.32 Å². The number of amides is 1. The average Bonchev–Trinajstić information content (AvgIpc) is 2.63. The highest BCUT2D eigenvalue weighted by atomic mass is 79.9. The molecule has 0 saturated heterocycles. The predicted molar refractivity (Wildman–Crippen MR) is 102 cm³/mol. The van der Waals surface area contributed by atoms with Gasteiger partial charge in [0.05, 0.1) is 12.8 Å². The number of nitriles is 1. The largest absolute Gasteiger partial charge is 0.496 e. The maximum atomic E-state index is 13.5. The number of methoxy groups -OCH3 is 1. The van der Waals surface area contributed by atoms with Crippen LogP contribution in [0.5, 0.6) is 5.75 Å². The van der Waals surface area contributed by atoms with Crippen LogP contribution in [0.4, 0.5) is 10.1 Å². The lowest BCUT2D eigenvalue weighted by Crippen LogP contribution is -2.27. The molecule has 2 N–H and O–H groups in total. The molecule has 0 saturated carbocycles. The Balaban J connectivity index is 1.86. The molecule has 0 bridgehead atoms. The van der Waals surface area contributed by atoms with E-state index in [4.69, 9.17) is 10.00 Å². The van der Waals surface area contributed by atoms with Gasteiger partial charge in [0.25, 0.3) is 0 Å². The van der Waals surface area contributed by atoms with Gasteiger partial charge in [0.1, 0.15) is 23.2 Å². The Labute approximate surface area is 159 Å². The lowest BCUT2D eigenvalue weighted by molar-refractivity contribution is -0.116. The number of halogens is 2. The fourth-order valence-corrected chi connectivity index (χ4v) is 2.61. The Kier molecular flexibility index (Phi) is 7.18. The highest BCUT2D eigenvalue weighted by molar-refractivity contribution is 9.10. The molecule has 7 heteroatoms. The van der Waals surface area contributed by atoms with Crippen LogP contribution in [0.2, 0.25) is 0 Å². The first-order chi connectivity index (χ1) is 12.5. The van der Waals surface area contributed by atoms with E-state index in [-0.39, 0.29) is 11.5 Å². The molecular weight excluding hydrogens is 401 g/mol. The van der Waals surface area contributed by atoms with Gasteiger partial charge < -0.3 is 15.4 Å². The minimum Gasteiger partial charge on any atom is -0.496 e. The number of carbonyl (C=O) groups excluding carboxylic acids is 1. The van der Waals surface area contributed by atoms with E-state index in [9.17, 15) is 9.18 Å². The van der Waals surface area contributed by atoms with E-state index in [2.05, 4.69) is 26.6 Å². The van der Waals surface area contributed by atoms with Crippen molar-refractivity contribution in [3.63, 3.8) is 0 Å². The molecule has 0 heterocycles. The van der Waals surface area contributed by atoms with Gasteiger partial charge in [0, 0.05) is 29.2 Å². The van der Waals surface area contributed by atoms with Crippen LogP contribution in [0, 0.1) is 17.1 Å². The van der Waals surface area contributed by atoms with Crippen LogP contribution in [0.25, 0.3) is 6.08 Å². The average molecular weight is 418 g/mol. The molecule has 1 amide bonds. The van der Waals surface area contributed by atoms with Gasteiger partial charge in [0.15, 0.2) is 0 Å². The first kappa shape index (κ1) is 19.5. The summed E-state index contributed by atoms with van der Waals surface area (Å²) in [6, 6.07) is 11.7. The second-order valence-corrected chi connectivity index (χ2v) is 6.13. The summed E-state index contributed by atoms with van der Waals surface area (Å²) in [5, 5.41) is 14.6. The number of benzene rings is 2. The summed E-state index contributed by atoms with van der Waals surface area (Å²) >= 11 is 3.37. The molecule has 2 aromatic carbocycles. The molecule has 0 unspecified atom stereocenters. The quantitative estimate of drug-likeness (QED) is 0.531. The van der Waals surface area contributed by atoms with Crippen molar-refractivity contribution in [2.24, 2.45) is 0 Å². The topological polar surface area (TPSA) is 74.2 Å². The minimum absolute atomic E-state index is 0.0412. The Morgan fingerprint density at radius 1 is 1.35 bits per heavy atom. The smallest absolute Gasteiger partial charge is 0.244 e. The van der Waals surface area contributed by atoms with Crippen LogP contribution < -0.4 is 15.4 Å². The maximum Gasteiger partial charge on any atom is 0.244 e. The van der Waals surface area contributed by atoms with Crippen molar-refractivity contribution in [2.75, 3.05) is 25.5 Å². The third-order valence-electron chi connectivity index (χ3n) is 3.47. The van der Waals surface area contributed by atoms with E-state index in [1.165, 1.54) is 18.2 Å². The number of carbonyl (C=O) groups is 1. The molecule has 0 aliphatic carbocycles. The molecule has 26 heavy (non-hydrogen) atoms. The Bertz CT molecular complexity index is 862. The number of ether oxygens (including phenoxy) is 1. The first-order valence-electron chi connectivity index (χ1n) is 7.77. The summed E-state index contributed by atoms with van der Waals surface area (Å²) in [6.07, 6.45) is 3.07. The second-order valence-electron chi connectivity index (χ2n) is 5.21. The molecular formula is C19H17BrFN3O2. The van der Waals surface area contributed by atoms with Gasteiger partial charge in [0.2, 0.25) is 5.91 Å². The van der Waals surface area contributed by atoms with Crippen LogP contribution in [0.1, 0.15) is 11.1 Å². The molecule has 0 atom stereocenters. The molecule has 0 fully saturated rings. The Morgan fingerprint density at radius 2 is 2.15 bits per heavy atom. The molecule has 134 valence electrons. The zero-order chi connectivity index (χ0) is 18.9. The number of anilines is 1. The van der Waals surface area contributed by atoms with Crippen LogP contribution in [-0.2, 0) is 4.79 Å². The summed E-state index contributed by atoms with van der Waals surface area (Å²) < 4.78 is 19.6. The van der Waals surface area contributed by atoms with Crippen molar-refractivity contribution in [1.29, 1.82) is 5.26 Å². The molecule has 5 nitrogen and oxygen atoms in total. The van der Waals surface area contributed by atoms with Crippen LogP contribution in [-0.4, -0.2) is 26.1 Å². The normalized spacial score (nSPS) is 10.4. The molecule has 0 radical (unpaired) electrons. The highest BCUT2D eigenvalue weighted by Crippen LogP contribution is 2.24. The molecule has 0 aliphatic rings. The molecule has 0 spiro atoms. The van der Waals surface area contributed by atoms with Crippen molar-refractivity contribution in [3.05, 3.63) is 63.9 Å². The lowest BCUT2D eigenvalue weighted by atomic mass is 10.2. The van der Waals surface area contributed by atoms with Crippen molar-refractivity contribution in [3.8, 4) is 11.8 Å². The summed E-state index contributed by atoms with van der Waals surface area (Å²) in [5.74, 6) is -0.185. The van der Waals surface area contributed by atoms with Crippen LogP contribution in [0.15, 0.2) is 46.9 Å². The highest BCUT2D eigenvalue weighted by Gasteiger charge is 2.07. The first-order valence-corrected chi connectivity index (χ1v) is 8.56. The Morgan fingerprint density at radius 3 is 2.88 bits per heavy atom. The fourth-order valence-electron chi connectivity index (χ4n) is 2.23. The Hall–Kier alpha value is -2.85. The van der Waals surface area contributed by atoms with Crippen molar-refractivity contribution in [2.45, 2.75) is 0 Å². The SMILES string of the molecule is COc1ccc(Br)cc1C=CC(=O)NCCNc1cccc(F)c1C#N. The van der Waals surface area contributed by atoms with Gasteiger partial charge in [-0.15, -0.1) is 0 Å². The number of nitrogens with zero attached hydrogens (tertiary/aromatic N) is 1. The minimum atomic E-state index is -0.576. The van der Waals surface area contributed by atoms with E-state index in [0.717, 1.165) is 10.0 Å². The van der Waals surface area contributed by atoms with E-state index < -0.39 is 5.82 Å². The molecule has 2 aromatic rings. The second kappa shape index (κ2) is 9.59. The van der Waals surface area contributed by atoms with Crippen molar-refractivity contribution < 1.29 is 13.9 Å². The van der Waals surface area contributed by atoms with E-state index in [1.807, 2.05) is 18.2 Å².